The summed E-state index contributed by atoms with van der Waals surface area (Å²) in [6.07, 6.45) is 8.59. The van der Waals surface area contributed by atoms with Gasteiger partial charge in [0, 0.05) is 12.6 Å². The highest BCUT2D eigenvalue weighted by Crippen LogP contribution is 2.18. The molecule has 0 aromatic carbocycles. The van der Waals surface area contributed by atoms with Gasteiger partial charge in [0.15, 0.2) is 0 Å². The Morgan fingerprint density at radius 2 is 1.35 bits per heavy atom. The molecule has 3 nitrogen and oxygen atoms in total. The van der Waals surface area contributed by atoms with Gasteiger partial charge in [0.25, 0.3) is 0 Å². The molecule has 0 N–H and O–H groups in total. The molecule has 0 radical (unpaired) electrons. The molecule has 2 rings (SSSR count). The van der Waals surface area contributed by atoms with Gasteiger partial charge < -0.3 is 14.6 Å². The molecule has 2 fully saturated rings. The summed E-state index contributed by atoms with van der Waals surface area (Å²) in [6.45, 7) is 15.4. The van der Waals surface area contributed by atoms with Crippen molar-refractivity contribution in [2.24, 2.45) is 0 Å². The summed E-state index contributed by atoms with van der Waals surface area (Å²) in [5.74, 6) is 0. The van der Waals surface area contributed by atoms with Crippen molar-refractivity contribution in [3.8, 4) is 0 Å². The molecule has 3 heteroatoms. The topological polar surface area (TPSA) is 23.6 Å². The molecule has 122 valence electrons. The van der Waals surface area contributed by atoms with Crippen molar-refractivity contribution >= 4 is 6.79 Å². The third-order valence-electron chi connectivity index (χ3n) is 3.84. The second-order valence-electron chi connectivity index (χ2n) is 4.99. The zero-order chi connectivity index (χ0) is 15.8. The summed E-state index contributed by atoms with van der Waals surface area (Å²) < 4.78 is 0. The van der Waals surface area contributed by atoms with Crippen LogP contribution in [0.5, 0.6) is 0 Å². The van der Waals surface area contributed by atoms with E-state index >= 15 is 0 Å². The molecular formula is C17H38N2O. The van der Waals surface area contributed by atoms with E-state index < -0.39 is 0 Å². The van der Waals surface area contributed by atoms with E-state index in [0.717, 1.165) is 6.04 Å². The number of hydrogen-bond donors (Lipinski definition) is 0. The largest absolute Gasteiger partial charge is 0.307 e. The SMILES string of the molecule is C=O.CC.CC.CN1CCCCC1CN1CCCCC1. The fourth-order valence-electron chi connectivity index (χ4n) is 2.81. The molecule has 0 aromatic heterocycles. The summed E-state index contributed by atoms with van der Waals surface area (Å²) in [5.41, 5.74) is 0. The lowest BCUT2D eigenvalue weighted by Gasteiger charge is -2.37. The van der Waals surface area contributed by atoms with E-state index in [0.29, 0.717) is 0 Å². The van der Waals surface area contributed by atoms with Crippen LogP contribution < -0.4 is 0 Å². The molecule has 0 saturated carbocycles. The molecule has 1 unspecified atom stereocenters. The van der Waals surface area contributed by atoms with Gasteiger partial charge in [-0.05, 0) is 52.4 Å². The number of carbonyl (C=O) groups excluding carboxylic acids is 1. The van der Waals surface area contributed by atoms with Gasteiger partial charge in [-0.1, -0.05) is 40.5 Å². The van der Waals surface area contributed by atoms with E-state index in [2.05, 4.69) is 16.8 Å². The second kappa shape index (κ2) is 16.6. The highest BCUT2D eigenvalue weighted by molar-refractivity contribution is 5.10. The van der Waals surface area contributed by atoms with Crippen LogP contribution >= 0.6 is 0 Å². The van der Waals surface area contributed by atoms with Gasteiger partial charge in [-0.25, -0.2) is 0 Å². The van der Waals surface area contributed by atoms with Crippen molar-refractivity contribution in [3.05, 3.63) is 0 Å². The molecule has 2 aliphatic rings. The maximum atomic E-state index is 8.00. The van der Waals surface area contributed by atoms with Crippen LogP contribution in [0.3, 0.4) is 0 Å². The van der Waals surface area contributed by atoms with Crippen LogP contribution in [0.25, 0.3) is 0 Å². The van der Waals surface area contributed by atoms with E-state index in [4.69, 9.17) is 4.79 Å². The average molecular weight is 287 g/mol. The first-order chi connectivity index (χ1) is 9.86. The molecule has 2 saturated heterocycles. The number of likely N-dealkylation sites (N-methyl/N-ethyl adjacent to an activating group) is 1. The molecule has 20 heavy (non-hydrogen) atoms. The lowest BCUT2D eigenvalue weighted by molar-refractivity contribution is -0.0979. The number of likely N-dealkylation sites (tertiary alicyclic amines) is 2. The van der Waals surface area contributed by atoms with Gasteiger partial charge in [0.2, 0.25) is 0 Å². The van der Waals surface area contributed by atoms with Gasteiger partial charge in [-0.3, -0.25) is 0 Å². The molecule has 0 aliphatic carbocycles. The minimum atomic E-state index is 0.849. The molecule has 0 amide bonds. The van der Waals surface area contributed by atoms with Crippen LogP contribution in [0.1, 0.15) is 66.2 Å². The van der Waals surface area contributed by atoms with Crippen LogP contribution in [0.15, 0.2) is 0 Å². The quantitative estimate of drug-likeness (QED) is 0.771. The Morgan fingerprint density at radius 1 is 0.850 bits per heavy atom. The van der Waals surface area contributed by atoms with E-state index in [1.165, 1.54) is 64.7 Å². The Balaban J connectivity index is 0. The molecule has 0 spiro atoms. The summed E-state index contributed by atoms with van der Waals surface area (Å²) >= 11 is 0. The second-order valence-corrected chi connectivity index (χ2v) is 4.99. The van der Waals surface area contributed by atoms with Crippen LogP contribution in [-0.2, 0) is 4.79 Å². The average Bonchev–Trinajstić information content (AvgIpc) is 2.56. The van der Waals surface area contributed by atoms with Crippen LogP contribution in [0, 0.1) is 0 Å². The molecule has 1 atom stereocenters. The first kappa shape index (κ1) is 21.9. The van der Waals surface area contributed by atoms with E-state index in [1.807, 2.05) is 34.5 Å². The minimum Gasteiger partial charge on any atom is -0.307 e. The Morgan fingerprint density at radius 3 is 1.85 bits per heavy atom. The van der Waals surface area contributed by atoms with Gasteiger partial charge in [-0.2, -0.15) is 0 Å². The number of hydrogen-bond acceptors (Lipinski definition) is 3. The van der Waals surface area contributed by atoms with Crippen molar-refractivity contribution in [2.45, 2.75) is 72.3 Å². The van der Waals surface area contributed by atoms with E-state index in [-0.39, 0.29) is 0 Å². The fourth-order valence-corrected chi connectivity index (χ4v) is 2.81. The van der Waals surface area contributed by atoms with Crippen molar-refractivity contribution in [1.82, 2.24) is 9.80 Å². The maximum Gasteiger partial charge on any atom is 0.106 e. The first-order valence-corrected chi connectivity index (χ1v) is 8.58. The molecular weight excluding hydrogens is 248 g/mol. The smallest absolute Gasteiger partial charge is 0.106 e. The monoisotopic (exact) mass is 286 g/mol. The van der Waals surface area contributed by atoms with Crippen molar-refractivity contribution in [3.63, 3.8) is 0 Å². The number of piperidine rings is 2. The van der Waals surface area contributed by atoms with Gasteiger partial charge >= 0.3 is 0 Å². The minimum absolute atomic E-state index is 0.849. The number of carbonyl (C=O) groups is 1. The maximum absolute atomic E-state index is 8.00. The first-order valence-electron chi connectivity index (χ1n) is 8.58. The van der Waals surface area contributed by atoms with Gasteiger partial charge in [0.1, 0.15) is 6.79 Å². The highest BCUT2D eigenvalue weighted by Gasteiger charge is 2.22. The highest BCUT2D eigenvalue weighted by atomic mass is 16.1. The Kier molecular flexibility index (Phi) is 18.2. The van der Waals surface area contributed by atoms with E-state index in [1.54, 1.807) is 0 Å². The zero-order valence-electron chi connectivity index (χ0n) is 14.7. The van der Waals surface area contributed by atoms with Gasteiger partial charge in [0.05, 0.1) is 0 Å². The standard InChI is InChI=1S/C12H24N2.2C2H6.CH2O/c1-13-8-6-3-7-12(13)11-14-9-4-2-5-10-14;3*1-2/h12H,2-11H2,1H3;2*1-2H3;1H2. The Hall–Kier alpha value is -0.410. The Labute approximate surface area is 127 Å². The van der Waals surface area contributed by atoms with Crippen molar-refractivity contribution in [1.29, 1.82) is 0 Å². The lowest BCUT2D eigenvalue weighted by Crippen LogP contribution is -2.46. The molecule has 0 aromatic rings. The number of rotatable bonds is 2. The predicted molar refractivity (Wildman–Crippen MR) is 90.4 cm³/mol. The van der Waals surface area contributed by atoms with Crippen LogP contribution in [0.4, 0.5) is 0 Å². The van der Waals surface area contributed by atoms with Crippen molar-refractivity contribution < 1.29 is 4.79 Å². The molecule has 2 heterocycles. The van der Waals surface area contributed by atoms with Crippen LogP contribution in [0.2, 0.25) is 0 Å². The Bertz CT molecular complexity index is 182. The third-order valence-corrected chi connectivity index (χ3v) is 3.84. The summed E-state index contributed by atoms with van der Waals surface area (Å²) in [6, 6.07) is 0.849. The predicted octanol–water partition coefficient (Wildman–Crippen LogP) is 3.82. The number of nitrogens with zero attached hydrogens (tertiary/aromatic N) is 2. The zero-order valence-corrected chi connectivity index (χ0v) is 14.7. The lowest BCUT2D eigenvalue weighted by atomic mass is 10.0. The summed E-state index contributed by atoms with van der Waals surface area (Å²) in [5, 5.41) is 0. The third kappa shape index (κ3) is 9.49. The van der Waals surface area contributed by atoms with E-state index in [9.17, 15) is 0 Å². The fraction of sp³-hybridized carbons (Fsp3) is 0.941. The summed E-state index contributed by atoms with van der Waals surface area (Å²) in [7, 11) is 2.30. The molecule has 0 bridgehead atoms. The molecule has 2 aliphatic heterocycles. The van der Waals surface area contributed by atoms with Crippen LogP contribution in [-0.4, -0.2) is 55.9 Å². The van der Waals surface area contributed by atoms with Gasteiger partial charge in [-0.15, -0.1) is 0 Å². The summed E-state index contributed by atoms with van der Waals surface area (Å²) in [4.78, 5) is 13.2. The normalized spacial score (nSPS) is 23.1. The van der Waals surface area contributed by atoms with Crippen molar-refractivity contribution in [2.75, 3.05) is 33.2 Å².